The summed E-state index contributed by atoms with van der Waals surface area (Å²) in [6.07, 6.45) is 2.06. The van der Waals surface area contributed by atoms with Crippen LogP contribution in [0.15, 0.2) is 39.6 Å². The van der Waals surface area contributed by atoms with Gasteiger partial charge in [0.05, 0.1) is 6.42 Å². The van der Waals surface area contributed by atoms with Crippen LogP contribution in [0, 0.1) is 0 Å². The van der Waals surface area contributed by atoms with E-state index in [1.165, 1.54) is 11.3 Å². The van der Waals surface area contributed by atoms with E-state index >= 15 is 0 Å². The highest BCUT2D eigenvalue weighted by Gasteiger charge is 2.11. The van der Waals surface area contributed by atoms with Gasteiger partial charge in [0.25, 0.3) is 0 Å². The van der Waals surface area contributed by atoms with Gasteiger partial charge in [-0.1, -0.05) is 6.07 Å². The van der Waals surface area contributed by atoms with Crippen molar-refractivity contribution in [2.75, 3.05) is 0 Å². The molecule has 0 amide bonds. The lowest BCUT2D eigenvalue weighted by atomic mass is 10.1. The monoisotopic (exact) mass is 281 g/mol. The number of pyridine rings is 1. The Hall–Kier alpha value is -1.00. The Morgan fingerprint density at radius 1 is 1.40 bits per heavy atom. The summed E-state index contributed by atoms with van der Waals surface area (Å²) in [5.74, 6) is 0.0989. The van der Waals surface area contributed by atoms with Crippen molar-refractivity contribution in [1.29, 1.82) is 0 Å². The lowest BCUT2D eigenvalue weighted by molar-refractivity contribution is 0.0991. The minimum atomic E-state index is 0.0989. The molecule has 2 aromatic heterocycles. The van der Waals surface area contributed by atoms with Crippen LogP contribution in [0.4, 0.5) is 0 Å². The lowest BCUT2D eigenvalue weighted by Crippen LogP contribution is -2.04. The Balaban J connectivity index is 2.15. The van der Waals surface area contributed by atoms with Crippen molar-refractivity contribution in [3.05, 3.63) is 50.9 Å². The van der Waals surface area contributed by atoms with E-state index in [9.17, 15) is 4.79 Å². The minimum Gasteiger partial charge on any atom is -0.294 e. The molecule has 0 aliphatic heterocycles. The number of nitrogens with zero attached hydrogens (tertiary/aromatic N) is 1. The van der Waals surface area contributed by atoms with E-state index in [1.807, 2.05) is 29.0 Å². The van der Waals surface area contributed by atoms with Crippen LogP contribution in [-0.4, -0.2) is 10.8 Å². The van der Waals surface area contributed by atoms with Crippen LogP contribution >= 0.6 is 27.3 Å². The predicted molar refractivity (Wildman–Crippen MR) is 64.3 cm³/mol. The summed E-state index contributed by atoms with van der Waals surface area (Å²) in [6, 6.07) is 5.59. The number of hydrogen-bond donors (Lipinski definition) is 0. The summed E-state index contributed by atoms with van der Waals surface area (Å²) in [5, 5.41) is 3.76. The molecule has 0 aliphatic carbocycles. The number of carbonyl (C=O) groups excluding carboxylic acids is 1. The Bertz CT molecular complexity index is 466. The molecule has 0 aromatic carbocycles. The van der Waals surface area contributed by atoms with Gasteiger partial charge >= 0.3 is 0 Å². The van der Waals surface area contributed by atoms with Crippen molar-refractivity contribution < 1.29 is 4.79 Å². The first-order valence-electron chi connectivity index (χ1n) is 4.42. The topological polar surface area (TPSA) is 30.0 Å². The number of carbonyl (C=O) groups is 1. The first-order chi connectivity index (χ1) is 7.27. The van der Waals surface area contributed by atoms with Gasteiger partial charge in [-0.2, -0.15) is 11.3 Å². The molecule has 0 bridgehead atoms. The fourth-order valence-corrected chi connectivity index (χ4v) is 2.76. The normalized spacial score (nSPS) is 10.2. The fourth-order valence-electron chi connectivity index (χ4n) is 1.24. The van der Waals surface area contributed by atoms with E-state index in [4.69, 9.17) is 0 Å². The predicted octanol–water partition coefficient (Wildman–Crippen LogP) is 3.33. The second kappa shape index (κ2) is 4.68. The Labute approximate surface area is 100 Å². The average molecular weight is 282 g/mol. The molecule has 0 N–H and O–H groups in total. The Kier molecular flexibility index (Phi) is 3.28. The van der Waals surface area contributed by atoms with Crippen molar-refractivity contribution in [2.45, 2.75) is 6.42 Å². The maximum Gasteiger partial charge on any atom is 0.170 e. The molecule has 15 heavy (non-hydrogen) atoms. The fraction of sp³-hybridized carbons (Fsp3) is 0.0909. The van der Waals surface area contributed by atoms with E-state index < -0.39 is 0 Å². The molecular formula is C11H8BrNOS. The van der Waals surface area contributed by atoms with E-state index in [0.29, 0.717) is 6.42 Å². The number of Topliss-reactive ketones (excluding diaryl/α,β-unsaturated/α-hetero) is 1. The summed E-state index contributed by atoms with van der Waals surface area (Å²) in [4.78, 5) is 16.0. The summed E-state index contributed by atoms with van der Waals surface area (Å²) in [6.45, 7) is 0. The molecule has 0 saturated heterocycles. The largest absolute Gasteiger partial charge is 0.294 e. The maximum absolute atomic E-state index is 11.8. The smallest absolute Gasteiger partial charge is 0.170 e. The van der Waals surface area contributed by atoms with Crippen LogP contribution in [0.3, 0.4) is 0 Å². The zero-order valence-electron chi connectivity index (χ0n) is 7.81. The third-order valence-electron chi connectivity index (χ3n) is 1.98. The lowest BCUT2D eigenvalue weighted by Gasteiger charge is -1.98. The summed E-state index contributed by atoms with van der Waals surface area (Å²) >= 11 is 4.87. The zero-order valence-corrected chi connectivity index (χ0v) is 10.2. The summed E-state index contributed by atoms with van der Waals surface area (Å²) in [5.41, 5.74) is 1.55. The molecule has 2 heterocycles. The SMILES string of the molecule is O=C(Cc1ccccn1)c1cscc1Br. The van der Waals surface area contributed by atoms with Gasteiger partial charge in [-0.25, -0.2) is 0 Å². The van der Waals surface area contributed by atoms with Crippen LogP contribution in [0.1, 0.15) is 16.1 Å². The quantitative estimate of drug-likeness (QED) is 0.808. The Morgan fingerprint density at radius 3 is 2.87 bits per heavy atom. The molecule has 2 nitrogen and oxygen atoms in total. The van der Waals surface area contributed by atoms with Crippen LogP contribution in [0.5, 0.6) is 0 Å². The molecule has 0 fully saturated rings. The first kappa shape index (κ1) is 10.5. The molecule has 0 radical (unpaired) electrons. The number of ketones is 1. The third kappa shape index (κ3) is 2.52. The number of halogens is 1. The molecule has 2 rings (SSSR count). The van der Waals surface area contributed by atoms with Gasteiger partial charge < -0.3 is 0 Å². The van der Waals surface area contributed by atoms with Gasteiger partial charge in [-0.05, 0) is 28.1 Å². The molecule has 2 aromatic rings. The molecule has 0 unspecified atom stereocenters. The van der Waals surface area contributed by atoms with Crippen LogP contribution in [0.25, 0.3) is 0 Å². The van der Waals surface area contributed by atoms with Gasteiger partial charge in [0, 0.05) is 32.7 Å². The van der Waals surface area contributed by atoms with Crippen molar-refractivity contribution in [3.8, 4) is 0 Å². The van der Waals surface area contributed by atoms with Crippen LogP contribution in [0.2, 0.25) is 0 Å². The Morgan fingerprint density at radius 2 is 2.27 bits per heavy atom. The van der Waals surface area contributed by atoms with E-state index in [1.54, 1.807) is 6.20 Å². The number of hydrogen-bond acceptors (Lipinski definition) is 3. The van der Waals surface area contributed by atoms with Gasteiger partial charge in [0.15, 0.2) is 5.78 Å². The second-order valence-corrected chi connectivity index (χ2v) is 4.65. The first-order valence-corrected chi connectivity index (χ1v) is 6.16. The number of rotatable bonds is 3. The standard InChI is InChI=1S/C11H8BrNOS/c12-10-7-15-6-9(10)11(14)5-8-3-1-2-4-13-8/h1-4,6-7H,5H2. The average Bonchev–Trinajstić information content (AvgIpc) is 2.66. The van der Waals surface area contributed by atoms with Gasteiger partial charge in [0.1, 0.15) is 0 Å². The van der Waals surface area contributed by atoms with E-state index in [-0.39, 0.29) is 5.78 Å². The molecule has 76 valence electrons. The van der Waals surface area contributed by atoms with Crippen LogP contribution in [-0.2, 0) is 6.42 Å². The van der Waals surface area contributed by atoms with E-state index in [0.717, 1.165) is 15.7 Å². The van der Waals surface area contributed by atoms with E-state index in [2.05, 4.69) is 20.9 Å². The minimum absolute atomic E-state index is 0.0989. The molecular weight excluding hydrogens is 274 g/mol. The summed E-state index contributed by atoms with van der Waals surface area (Å²) in [7, 11) is 0. The zero-order chi connectivity index (χ0) is 10.7. The number of thiophene rings is 1. The third-order valence-corrected chi connectivity index (χ3v) is 3.69. The highest BCUT2D eigenvalue weighted by molar-refractivity contribution is 9.10. The highest BCUT2D eigenvalue weighted by atomic mass is 79.9. The molecule has 0 atom stereocenters. The van der Waals surface area contributed by atoms with Crippen molar-refractivity contribution >= 4 is 33.0 Å². The molecule has 4 heteroatoms. The summed E-state index contributed by atoms with van der Waals surface area (Å²) < 4.78 is 0.869. The highest BCUT2D eigenvalue weighted by Crippen LogP contribution is 2.22. The molecule has 0 aliphatic rings. The van der Waals surface area contributed by atoms with Crippen molar-refractivity contribution in [3.63, 3.8) is 0 Å². The molecule has 0 spiro atoms. The van der Waals surface area contributed by atoms with Crippen LogP contribution < -0.4 is 0 Å². The van der Waals surface area contributed by atoms with Gasteiger partial charge in [0.2, 0.25) is 0 Å². The number of aromatic nitrogens is 1. The molecule has 0 saturated carbocycles. The van der Waals surface area contributed by atoms with Gasteiger partial charge in [-0.3, -0.25) is 9.78 Å². The second-order valence-electron chi connectivity index (χ2n) is 3.05. The maximum atomic E-state index is 11.8. The van der Waals surface area contributed by atoms with Crippen molar-refractivity contribution in [2.24, 2.45) is 0 Å². The van der Waals surface area contributed by atoms with Gasteiger partial charge in [-0.15, -0.1) is 0 Å². The van der Waals surface area contributed by atoms with Crippen molar-refractivity contribution in [1.82, 2.24) is 4.98 Å².